The highest BCUT2D eigenvalue weighted by molar-refractivity contribution is 5.99. The molecule has 1 aromatic heterocycles. The maximum absolute atomic E-state index is 12.7. The number of aromatic nitrogens is 1. The Morgan fingerprint density at radius 1 is 1.40 bits per heavy atom. The van der Waals surface area contributed by atoms with Crippen molar-refractivity contribution in [3.8, 4) is 0 Å². The number of aryl methyl sites for hydroxylation is 1. The third kappa shape index (κ3) is 2.69. The number of amides is 1. The molecular weight excluding hydrogens is 260 g/mol. The van der Waals surface area contributed by atoms with Gasteiger partial charge >= 0.3 is 5.97 Å². The van der Waals surface area contributed by atoms with Gasteiger partial charge in [0, 0.05) is 12.5 Å². The van der Waals surface area contributed by atoms with E-state index < -0.39 is 11.5 Å². The van der Waals surface area contributed by atoms with Crippen molar-refractivity contribution in [3.05, 3.63) is 17.0 Å². The molecule has 0 unspecified atom stereocenters. The highest BCUT2D eigenvalue weighted by Crippen LogP contribution is 2.26. The van der Waals surface area contributed by atoms with Crippen LogP contribution in [0.25, 0.3) is 0 Å². The Morgan fingerprint density at radius 3 is 2.35 bits per heavy atom. The third-order valence-corrected chi connectivity index (χ3v) is 3.39. The van der Waals surface area contributed by atoms with Crippen molar-refractivity contribution < 1.29 is 19.2 Å². The minimum atomic E-state index is -1.29. The van der Waals surface area contributed by atoms with Crippen LogP contribution in [0.3, 0.4) is 0 Å². The lowest BCUT2D eigenvalue weighted by Crippen LogP contribution is -2.53. The van der Waals surface area contributed by atoms with Gasteiger partial charge in [-0.25, -0.2) is 4.79 Å². The monoisotopic (exact) mass is 282 g/mol. The van der Waals surface area contributed by atoms with Crippen LogP contribution in [0.1, 0.15) is 62.3 Å². The molecule has 0 aliphatic heterocycles. The molecule has 1 amide bonds. The molecule has 0 atom stereocenters. The van der Waals surface area contributed by atoms with Gasteiger partial charge in [-0.05, 0) is 27.7 Å². The molecule has 0 saturated carbocycles. The van der Waals surface area contributed by atoms with E-state index in [1.54, 1.807) is 13.8 Å². The first-order chi connectivity index (χ1) is 9.14. The van der Waals surface area contributed by atoms with Gasteiger partial charge in [-0.1, -0.05) is 19.0 Å². The predicted octanol–water partition coefficient (Wildman–Crippen LogP) is 2.43. The fourth-order valence-electron chi connectivity index (χ4n) is 2.08. The number of rotatable bonds is 5. The van der Waals surface area contributed by atoms with Gasteiger partial charge in [-0.3, -0.25) is 4.79 Å². The van der Waals surface area contributed by atoms with Gasteiger partial charge in [-0.15, -0.1) is 0 Å². The number of carbonyl (C=O) groups is 2. The Balaban J connectivity index is 3.29. The molecule has 0 aliphatic rings. The van der Waals surface area contributed by atoms with Crippen molar-refractivity contribution in [3.63, 3.8) is 0 Å². The fourth-order valence-corrected chi connectivity index (χ4v) is 2.08. The van der Waals surface area contributed by atoms with Crippen LogP contribution in [0.5, 0.6) is 0 Å². The van der Waals surface area contributed by atoms with Crippen LogP contribution in [-0.4, -0.2) is 39.1 Å². The summed E-state index contributed by atoms with van der Waals surface area (Å²) < 4.78 is 5.20. The second-order valence-electron chi connectivity index (χ2n) is 5.58. The summed E-state index contributed by atoms with van der Waals surface area (Å²) in [6, 6.07) is 0. The quantitative estimate of drug-likeness (QED) is 0.896. The lowest BCUT2D eigenvalue weighted by molar-refractivity contribution is -0.147. The maximum atomic E-state index is 12.7. The van der Waals surface area contributed by atoms with E-state index >= 15 is 0 Å². The zero-order valence-electron chi connectivity index (χ0n) is 12.9. The smallest absolute Gasteiger partial charge is 0.329 e. The summed E-state index contributed by atoms with van der Waals surface area (Å²) in [5.41, 5.74) is -0.432. The zero-order valence-corrected chi connectivity index (χ0v) is 12.9. The molecular formula is C14H22N2O4. The molecule has 0 radical (unpaired) electrons. The summed E-state index contributed by atoms with van der Waals surface area (Å²) in [7, 11) is 0. The van der Waals surface area contributed by atoms with Crippen LogP contribution < -0.4 is 0 Å². The van der Waals surface area contributed by atoms with Gasteiger partial charge in [0.2, 0.25) is 0 Å². The number of aliphatic carboxylic acids is 1. The standard InChI is InChI=1S/C14H22N2O4/c1-7-16(14(5,6)13(18)19)12(17)10-9(4)15-20-11(10)8(2)3/h8H,7H2,1-6H3,(H,18,19). The molecule has 0 bridgehead atoms. The van der Waals surface area contributed by atoms with E-state index in [9.17, 15) is 14.7 Å². The number of hydrogen-bond acceptors (Lipinski definition) is 4. The molecule has 112 valence electrons. The van der Waals surface area contributed by atoms with E-state index in [0.717, 1.165) is 0 Å². The van der Waals surface area contributed by atoms with Gasteiger partial charge in [0.15, 0.2) is 5.76 Å². The molecule has 0 saturated heterocycles. The molecule has 1 N–H and O–H groups in total. The number of carbonyl (C=O) groups excluding carboxylic acids is 1. The average Bonchev–Trinajstić information content (AvgIpc) is 2.71. The topological polar surface area (TPSA) is 83.6 Å². The van der Waals surface area contributed by atoms with Crippen molar-refractivity contribution in [1.29, 1.82) is 0 Å². The fraction of sp³-hybridized carbons (Fsp3) is 0.643. The lowest BCUT2D eigenvalue weighted by atomic mass is 9.99. The van der Waals surface area contributed by atoms with Crippen LogP contribution in [0.2, 0.25) is 0 Å². The van der Waals surface area contributed by atoms with Crippen molar-refractivity contribution in [1.82, 2.24) is 10.1 Å². The van der Waals surface area contributed by atoms with E-state index in [1.807, 2.05) is 13.8 Å². The Morgan fingerprint density at radius 2 is 1.95 bits per heavy atom. The third-order valence-electron chi connectivity index (χ3n) is 3.39. The molecule has 0 spiro atoms. The van der Waals surface area contributed by atoms with Crippen LogP contribution in [-0.2, 0) is 4.79 Å². The summed E-state index contributed by atoms with van der Waals surface area (Å²) >= 11 is 0. The molecule has 1 aromatic rings. The van der Waals surface area contributed by atoms with Crippen LogP contribution in [0, 0.1) is 6.92 Å². The summed E-state index contributed by atoms with van der Waals surface area (Å²) in [6.07, 6.45) is 0. The van der Waals surface area contributed by atoms with Crippen LogP contribution >= 0.6 is 0 Å². The molecule has 0 aromatic carbocycles. The van der Waals surface area contributed by atoms with Gasteiger partial charge in [0.1, 0.15) is 11.1 Å². The second-order valence-corrected chi connectivity index (χ2v) is 5.58. The first-order valence-electron chi connectivity index (χ1n) is 6.66. The number of carboxylic acids is 1. The van der Waals surface area contributed by atoms with E-state index in [4.69, 9.17) is 4.52 Å². The SMILES string of the molecule is CCN(C(=O)c1c(C)noc1C(C)C)C(C)(C)C(=O)O. The van der Waals surface area contributed by atoms with Crippen molar-refractivity contribution in [2.75, 3.05) is 6.54 Å². The van der Waals surface area contributed by atoms with Gasteiger partial charge < -0.3 is 14.5 Å². The summed E-state index contributed by atoms with van der Waals surface area (Å²) in [5.74, 6) is -0.913. The van der Waals surface area contributed by atoms with Crippen molar-refractivity contribution in [2.24, 2.45) is 0 Å². The summed E-state index contributed by atoms with van der Waals surface area (Å²) in [4.78, 5) is 25.4. The number of likely N-dealkylation sites (N-methyl/N-ethyl adjacent to an activating group) is 1. The number of hydrogen-bond donors (Lipinski definition) is 1. The Kier molecular flexibility index (Phi) is 4.57. The maximum Gasteiger partial charge on any atom is 0.329 e. The van der Waals surface area contributed by atoms with Crippen molar-refractivity contribution in [2.45, 2.75) is 53.0 Å². The van der Waals surface area contributed by atoms with Crippen LogP contribution in [0.4, 0.5) is 0 Å². The van der Waals surface area contributed by atoms with E-state index in [1.165, 1.54) is 18.7 Å². The van der Waals surface area contributed by atoms with E-state index in [0.29, 0.717) is 23.6 Å². The highest BCUT2D eigenvalue weighted by Gasteiger charge is 2.39. The largest absolute Gasteiger partial charge is 0.480 e. The molecule has 0 aliphatic carbocycles. The Bertz CT molecular complexity index is 517. The predicted molar refractivity (Wildman–Crippen MR) is 73.8 cm³/mol. The molecule has 6 nitrogen and oxygen atoms in total. The normalized spacial score (nSPS) is 11.8. The number of nitrogens with zero attached hydrogens (tertiary/aromatic N) is 2. The van der Waals surface area contributed by atoms with Crippen molar-refractivity contribution >= 4 is 11.9 Å². The first-order valence-corrected chi connectivity index (χ1v) is 6.66. The Hall–Kier alpha value is -1.85. The van der Waals surface area contributed by atoms with E-state index in [2.05, 4.69) is 5.16 Å². The molecule has 1 rings (SSSR count). The molecule has 20 heavy (non-hydrogen) atoms. The van der Waals surface area contributed by atoms with Gasteiger partial charge in [0.05, 0.1) is 5.69 Å². The highest BCUT2D eigenvalue weighted by atomic mass is 16.5. The molecule has 6 heteroatoms. The van der Waals surface area contributed by atoms with Gasteiger partial charge in [0.25, 0.3) is 5.91 Å². The number of carboxylic acid groups (broad SMARTS) is 1. The minimum absolute atomic E-state index is 0.00166. The molecule has 1 heterocycles. The zero-order chi connectivity index (χ0) is 15.7. The second kappa shape index (κ2) is 5.64. The summed E-state index contributed by atoms with van der Waals surface area (Å²) in [6.45, 7) is 10.5. The Labute approximate surface area is 118 Å². The van der Waals surface area contributed by atoms with Gasteiger partial charge in [-0.2, -0.15) is 0 Å². The van der Waals surface area contributed by atoms with Crippen LogP contribution in [0.15, 0.2) is 4.52 Å². The van der Waals surface area contributed by atoms with E-state index in [-0.39, 0.29) is 11.8 Å². The first kappa shape index (κ1) is 16.2. The average molecular weight is 282 g/mol. The summed E-state index contributed by atoms with van der Waals surface area (Å²) in [5, 5.41) is 13.1. The molecule has 0 fully saturated rings. The minimum Gasteiger partial charge on any atom is -0.480 e. The lowest BCUT2D eigenvalue weighted by Gasteiger charge is -2.34.